The third-order valence-electron chi connectivity index (χ3n) is 4.27. The molecule has 0 radical (unpaired) electrons. The zero-order valence-corrected chi connectivity index (χ0v) is 11.5. The van der Waals surface area contributed by atoms with Crippen LogP contribution in [0.4, 0.5) is 4.39 Å². The number of benzene rings is 2. The van der Waals surface area contributed by atoms with Gasteiger partial charge in [0, 0.05) is 5.56 Å². The van der Waals surface area contributed by atoms with Crippen molar-refractivity contribution in [1.29, 1.82) is 0 Å². The molecule has 0 atom stereocenters. The average Bonchev–Trinajstić information content (AvgIpc) is 2.37. The van der Waals surface area contributed by atoms with Crippen LogP contribution >= 0.6 is 0 Å². The Balaban J connectivity index is 2.03. The van der Waals surface area contributed by atoms with E-state index in [0.717, 1.165) is 30.4 Å². The molecule has 0 aliphatic heterocycles. The minimum atomic E-state index is -0.443. The fraction of sp³-hybridized carbons (Fsp3) is 0.278. The number of ketones is 1. The largest absolute Gasteiger partial charge is 0.293 e. The number of halogens is 1. The van der Waals surface area contributed by atoms with Gasteiger partial charge < -0.3 is 0 Å². The van der Waals surface area contributed by atoms with Crippen LogP contribution in [0.2, 0.25) is 0 Å². The van der Waals surface area contributed by atoms with E-state index in [9.17, 15) is 9.18 Å². The number of carbonyl (C=O) groups excluding carboxylic acids is 1. The van der Waals surface area contributed by atoms with E-state index in [4.69, 9.17) is 0 Å². The first-order valence-electron chi connectivity index (χ1n) is 6.99. The van der Waals surface area contributed by atoms with Gasteiger partial charge >= 0.3 is 0 Å². The highest BCUT2D eigenvalue weighted by Gasteiger charge is 2.45. The van der Waals surface area contributed by atoms with Crippen LogP contribution < -0.4 is 0 Å². The predicted molar refractivity (Wildman–Crippen MR) is 77.4 cm³/mol. The van der Waals surface area contributed by atoms with E-state index in [0.29, 0.717) is 5.56 Å². The van der Waals surface area contributed by atoms with Crippen molar-refractivity contribution in [2.24, 2.45) is 0 Å². The predicted octanol–water partition coefficient (Wildman–Crippen LogP) is 4.44. The molecule has 1 nitrogen and oxygen atoms in total. The zero-order chi connectivity index (χ0) is 14.2. The normalized spacial score (nSPS) is 16.5. The van der Waals surface area contributed by atoms with Gasteiger partial charge in [-0.2, -0.15) is 0 Å². The number of aryl methyl sites for hydroxylation is 1. The highest BCUT2D eigenvalue weighted by Crippen LogP contribution is 2.46. The van der Waals surface area contributed by atoms with Gasteiger partial charge in [0.05, 0.1) is 5.41 Å². The SMILES string of the molecule is Cc1cc(F)cc(C(=O)C2(c3ccccc3)CCC2)c1. The lowest BCUT2D eigenvalue weighted by Gasteiger charge is -2.41. The lowest BCUT2D eigenvalue weighted by molar-refractivity contribution is 0.0788. The molecule has 2 aromatic carbocycles. The Morgan fingerprint density at radius 1 is 1.10 bits per heavy atom. The summed E-state index contributed by atoms with van der Waals surface area (Å²) in [4.78, 5) is 12.9. The molecule has 0 aromatic heterocycles. The second kappa shape index (κ2) is 4.86. The first kappa shape index (κ1) is 13.0. The Labute approximate surface area is 118 Å². The first-order chi connectivity index (χ1) is 9.62. The standard InChI is InChI=1S/C18H17FO/c1-13-10-14(12-16(19)11-13)17(20)18(8-5-9-18)15-6-3-2-4-7-15/h2-4,6-7,10-12H,5,8-9H2,1H3. The van der Waals surface area contributed by atoms with E-state index in [2.05, 4.69) is 0 Å². The van der Waals surface area contributed by atoms with Crippen LogP contribution in [-0.2, 0) is 5.41 Å². The second-order valence-electron chi connectivity index (χ2n) is 5.65. The lowest BCUT2D eigenvalue weighted by Crippen LogP contribution is -2.42. The average molecular weight is 268 g/mol. The zero-order valence-electron chi connectivity index (χ0n) is 11.5. The van der Waals surface area contributed by atoms with Crippen molar-refractivity contribution >= 4 is 5.78 Å². The summed E-state index contributed by atoms with van der Waals surface area (Å²) in [7, 11) is 0. The van der Waals surface area contributed by atoms with Gasteiger partial charge in [0.2, 0.25) is 0 Å². The van der Waals surface area contributed by atoms with Crippen molar-refractivity contribution in [3.05, 3.63) is 71.0 Å². The number of rotatable bonds is 3. The summed E-state index contributed by atoms with van der Waals surface area (Å²) < 4.78 is 13.5. The van der Waals surface area contributed by atoms with E-state index in [-0.39, 0.29) is 11.6 Å². The molecule has 0 saturated heterocycles. The van der Waals surface area contributed by atoms with Crippen molar-refractivity contribution in [3.8, 4) is 0 Å². The molecule has 20 heavy (non-hydrogen) atoms. The topological polar surface area (TPSA) is 17.1 Å². The smallest absolute Gasteiger partial charge is 0.173 e. The maximum atomic E-state index is 13.5. The quantitative estimate of drug-likeness (QED) is 0.752. The Hall–Kier alpha value is -1.96. The van der Waals surface area contributed by atoms with Crippen molar-refractivity contribution < 1.29 is 9.18 Å². The third kappa shape index (κ3) is 2.05. The molecule has 0 amide bonds. The Morgan fingerprint density at radius 2 is 1.80 bits per heavy atom. The number of Topliss-reactive ketones (excluding diaryl/α,β-unsaturated/α-hetero) is 1. The van der Waals surface area contributed by atoms with Crippen LogP contribution in [0.5, 0.6) is 0 Å². The van der Waals surface area contributed by atoms with Gasteiger partial charge in [0.15, 0.2) is 5.78 Å². The monoisotopic (exact) mass is 268 g/mol. The summed E-state index contributed by atoms with van der Waals surface area (Å²) in [5, 5.41) is 0. The van der Waals surface area contributed by atoms with Gasteiger partial charge in [-0.25, -0.2) is 4.39 Å². The minimum absolute atomic E-state index is 0.0533. The summed E-state index contributed by atoms with van der Waals surface area (Å²) in [5.74, 6) is -0.284. The Kier molecular flexibility index (Phi) is 3.17. The molecule has 0 bridgehead atoms. The van der Waals surface area contributed by atoms with E-state index in [1.807, 2.05) is 37.3 Å². The molecule has 1 fully saturated rings. The van der Waals surface area contributed by atoms with Gasteiger partial charge in [0.25, 0.3) is 0 Å². The van der Waals surface area contributed by atoms with Crippen molar-refractivity contribution in [3.63, 3.8) is 0 Å². The first-order valence-corrected chi connectivity index (χ1v) is 6.99. The third-order valence-corrected chi connectivity index (χ3v) is 4.27. The van der Waals surface area contributed by atoms with Crippen LogP contribution in [0.3, 0.4) is 0 Å². The van der Waals surface area contributed by atoms with Gasteiger partial charge in [-0.1, -0.05) is 36.8 Å². The molecule has 0 N–H and O–H groups in total. The van der Waals surface area contributed by atoms with Gasteiger partial charge in [-0.3, -0.25) is 4.79 Å². The maximum absolute atomic E-state index is 13.5. The lowest BCUT2D eigenvalue weighted by atomic mass is 9.60. The molecule has 1 aliphatic carbocycles. The fourth-order valence-electron chi connectivity index (χ4n) is 3.08. The molecule has 1 aliphatic rings. The van der Waals surface area contributed by atoms with Gasteiger partial charge in [-0.05, 0) is 49.1 Å². The highest BCUT2D eigenvalue weighted by atomic mass is 19.1. The number of carbonyl (C=O) groups is 1. The van der Waals surface area contributed by atoms with E-state index in [1.54, 1.807) is 6.07 Å². The summed E-state index contributed by atoms with van der Waals surface area (Å²) in [6.07, 6.45) is 2.76. The van der Waals surface area contributed by atoms with Crippen LogP contribution in [0.1, 0.15) is 40.7 Å². The molecule has 2 aromatic rings. The molecule has 0 unspecified atom stereocenters. The molecular formula is C18H17FO. The Bertz CT molecular complexity index is 621. The molecule has 3 rings (SSSR count). The van der Waals surface area contributed by atoms with Crippen LogP contribution in [-0.4, -0.2) is 5.78 Å². The van der Waals surface area contributed by atoms with Crippen molar-refractivity contribution in [1.82, 2.24) is 0 Å². The summed E-state index contributed by atoms with van der Waals surface area (Å²) in [5.41, 5.74) is 1.89. The fourth-order valence-corrected chi connectivity index (χ4v) is 3.08. The summed E-state index contributed by atoms with van der Waals surface area (Å²) in [6, 6.07) is 14.5. The van der Waals surface area contributed by atoms with Crippen LogP contribution in [0, 0.1) is 12.7 Å². The maximum Gasteiger partial charge on any atom is 0.173 e. The number of hydrogen-bond acceptors (Lipinski definition) is 1. The molecule has 0 spiro atoms. The van der Waals surface area contributed by atoms with Crippen molar-refractivity contribution in [2.45, 2.75) is 31.6 Å². The Morgan fingerprint density at radius 3 is 2.35 bits per heavy atom. The van der Waals surface area contributed by atoms with E-state index < -0.39 is 5.41 Å². The molecule has 102 valence electrons. The summed E-state index contributed by atoms with van der Waals surface area (Å²) in [6.45, 7) is 1.82. The van der Waals surface area contributed by atoms with Crippen LogP contribution in [0.25, 0.3) is 0 Å². The molecule has 1 saturated carbocycles. The molecule has 2 heteroatoms. The minimum Gasteiger partial charge on any atom is -0.293 e. The molecular weight excluding hydrogens is 251 g/mol. The number of hydrogen-bond donors (Lipinski definition) is 0. The van der Waals surface area contributed by atoms with Gasteiger partial charge in [0.1, 0.15) is 5.82 Å². The summed E-state index contributed by atoms with van der Waals surface area (Å²) >= 11 is 0. The van der Waals surface area contributed by atoms with Crippen LogP contribution in [0.15, 0.2) is 48.5 Å². The van der Waals surface area contributed by atoms with E-state index >= 15 is 0 Å². The highest BCUT2D eigenvalue weighted by molar-refractivity contribution is 6.04. The van der Waals surface area contributed by atoms with Gasteiger partial charge in [-0.15, -0.1) is 0 Å². The van der Waals surface area contributed by atoms with E-state index in [1.165, 1.54) is 12.1 Å². The second-order valence-corrected chi connectivity index (χ2v) is 5.65. The molecule has 0 heterocycles. The van der Waals surface area contributed by atoms with Crippen molar-refractivity contribution in [2.75, 3.05) is 0 Å².